The Morgan fingerprint density at radius 2 is 2.05 bits per heavy atom. The van der Waals surface area contributed by atoms with Crippen LogP contribution in [0.15, 0.2) is 52.1 Å². The van der Waals surface area contributed by atoms with Gasteiger partial charge in [0.05, 0.1) is 5.02 Å². The molecule has 0 bridgehead atoms. The normalized spacial score (nSPS) is 11.4. The Kier molecular flexibility index (Phi) is 4.87. The number of nitrogens with two attached hydrogens (primary N) is 1. The third-order valence-electron chi connectivity index (χ3n) is 2.80. The molecule has 0 radical (unpaired) electrons. The molecule has 104 valence electrons. The van der Waals surface area contributed by atoms with E-state index >= 15 is 0 Å². The first-order valence-electron chi connectivity index (χ1n) is 5.86. The topological polar surface area (TPSA) is 70.6 Å². The molecule has 2 rings (SSSR count). The zero-order chi connectivity index (χ0) is 14.5. The molecule has 0 heterocycles. The van der Waals surface area contributed by atoms with Crippen molar-refractivity contribution in [3.8, 4) is 0 Å². The molecule has 0 aliphatic carbocycles. The molecule has 0 saturated carbocycles. The van der Waals surface area contributed by atoms with Crippen molar-refractivity contribution in [1.82, 2.24) is 0 Å². The number of anilines is 1. The summed E-state index contributed by atoms with van der Waals surface area (Å²) >= 11 is 9.33. The molecule has 0 atom stereocenters. The monoisotopic (exact) mass is 353 g/mol. The van der Waals surface area contributed by atoms with Gasteiger partial charge in [0, 0.05) is 22.3 Å². The lowest BCUT2D eigenvalue weighted by molar-refractivity contribution is 0.318. The molecule has 0 saturated heterocycles. The minimum absolute atomic E-state index is 0.0969. The molecule has 4 N–H and O–H groups in total. The molecular weight excluding hydrogens is 342 g/mol. The fraction of sp³-hybridized carbons (Fsp3) is 0.0714. The van der Waals surface area contributed by atoms with Gasteiger partial charge in [-0.3, -0.25) is 0 Å². The lowest BCUT2D eigenvalue weighted by Gasteiger charge is -2.11. The fourth-order valence-electron chi connectivity index (χ4n) is 1.78. The zero-order valence-electron chi connectivity index (χ0n) is 10.5. The maximum Gasteiger partial charge on any atom is 0.170 e. The van der Waals surface area contributed by atoms with Crippen LogP contribution in [-0.4, -0.2) is 11.0 Å². The van der Waals surface area contributed by atoms with Crippen molar-refractivity contribution in [2.75, 3.05) is 5.32 Å². The molecule has 20 heavy (non-hydrogen) atoms. The smallest absolute Gasteiger partial charge is 0.170 e. The van der Waals surface area contributed by atoms with Crippen LogP contribution in [0.25, 0.3) is 0 Å². The fourth-order valence-corrected chi connectivity index (χ4v) is 2.28. The summed E-state index contributed by atoms with van der Waals surface area (Å²) in [5.41, 5.74) is 8.22. The predicted octanol–water partition coefficient (Wildman–Crippen LogP) is 3.81. The summed E-state index contributed by atoms with van der Waals surface area (Å²) in [6.45, 7) is 0.556. The number of hydrogen-bond donors (Lipinski definition) is 3. The lowest BCUT2D eigenvalue weighted by atomic mass is 10.1. The largest absolute Gasteiger partial charge is 0.409 e. The SMILES string of the molecule is N/C(=N/O)c1ccccc1CNc1ccc(Cl)c(Br)c1. The molecule has 2 aromatic carbocycles. The van der Waals surface area contributed by atoms with E-state index in [9.17, 15) is 0 Å². The highest BCUT2D eigenvalue weighted by Crippen LogP contribution is 2.26. The number of halogens is 2. The van der Waals surface area contributed by atoms with Crippen LogP contribution in [0.4, 0.5) is 5.69 Å². The third-order valence-corrected chi connectivity index (χ3v) is 4.02. The first-order chi connectivity index (χ1) is 9.61. The van der Waals surface area contributed by atoms with Crippen molar-refractivity contribution in [3.63, 3.8) is 0 Å². The predicted molar refractivity (Wildman–Crippen MR) is 85.4 cm³/mol. The molecular formula is C14H13BrClN3O. The molecule has 0 aliphatic rings. The average Bonchev–Trinajstić information content (AvgIpc) is 2.48. The second-order valence-corrected chi connectivity index (χ2v) is 5.39. The van der Waals surface area contributed by atoms with Gasteiger partial charge in [-0.2, -0.15) is 0 Å². The van der Waals surface area contributed by atoms with E-state index in [1.165, 1.54) is 0 Å². The van der Waals surface area contributed by atoms with Gasteiger partial charge in [0.1, 0.15) is 0 Å². The Labute approximate surface area is 130 Å². The summed E-state index contributed by atoms with van der Waals surface area (Å²) in [5, 5.41) is 15.8. The Balaban J connectivity index is 2.17. The number of rotatable bonds is 4. The van der Waals surface area contributed by atoms with E-state index < -0.39 is 0 Å². The number of benzene rings is 2. The highest BCUT2D eigenvalue weighted by Gasteiger charge is 2.06. The molecule has 0 fully saturated rings. The third kappa shape index (κ3) is 3.43. The van der Waals surface area contributed by atoms with Gasteiger partial charge in [-0.15, -0.1) is 0 Å². The molecule has 2 aromatic rings. The van der Waals surface area contributed by atoms with Crippen LogP contribution in [0.3, 0.4) is 0 Å². The number of oxime groups is 1. The minimum Gasteiger partial charge on any atom is -0.409 e. The minimum atomic E-state index is 0.0969. The summed E-state index contributed by atoms with van der Waals surface area (Å²) in [5.74, 6) is 0.0969. The average molecular weight is 355 g/mol. The van der Waals surface area contributed by atoms with E-state index in [0.717, 1.165) is 15.7 Å². The van der Waals surface area contributed by atoms with E-state index in [1.54, 1.807) is 0 Å². The van der Waals surface area contributed by atoms with E-state index in [4.69, 9.17) is 22.5 Å². The highest BCUT2D eigenvalue weighted by atomic mass is 79.9. The van der Waals surface area contributed by atoms with Crippen LogP contribution >= 0.6 is 27.5 Å². The molecule has 0 aliphatic heterocycles. The van der Waals surface area contributed by atoms with Crippen molar-refractivity contribution in [1.29, 1.82) is 0 Å². The van der Waals surface area contributed by atoms with Crippen LogP contribution in [0, 0.1) is 0 Å². The molecule has 0 amide bonds. The lowest BCUT2D eigenvalue weighted by Crippen LogP contribution is -2.16. The number of nitrogens with one attached hydrogen (secondary N) is 1. The quantitative estimate of drug-likeness (QED) is 0.338. The highest BCUT2D eigenvalue weighted by molar-refractivity contribution is 9.10. The van der Waals surface area contributed by atoms with Gasteiger partial charge >= 0.3 is 0 Å². The van der Waals surface area contributed by atoms with Gasteiger partial charge in [0.2, 0.25) is 0 Å². The molecule has 0 unspecified atom stereocenters. The summed E-state index contributed by atoms with van der Waals surface area (Å²) in [4.78, 5) is 0. The van der Waals surface area contributed by atoms with E-state index in [0.29, 0.717) is 17.1 Å². The summed E-state index contributed by atoms with van der Waals surface area (Å²) in [6.07, 6.45) is 0. The van der Waals surface area contributed by atoms with Crippen molar-refractivity contribution in [3.05, 3.63) is 63.1 Å². The number of hydrogen-bond acceptors (Lipinski definition) is 3. The first-order valence-corrected chi connectivity index (χ1v) is 7.03. The van der Waals surface area contributed by atoms with Gasteiger partial charge in [-0.25, -0.2) is 0 Å². The summed E-state index contributed by atoms with van der Waals surface area (Å²) in [7, 11) is 0. The number of nitrogens with zero attached hydrogens (tertiary/aromatic N) is 1. The van der Waals surface area contributed by atoms with Gasteiger partial charge in [0.25, 0.3) is 0 Å². The van der Waals surface area contributed by atoms with Gasteiger partial charge in [-0.05, 0) is 39.7 Å². The van der Waals surface area contributed by atoms with Crippen molar-refractivity contribution in [2.24, 2.45) is 10.9 Å². The standard InChI is InChI=1S/C14H13BrClN3O/c15-12-7-10(5-6-13(12)16)18-8-9-3-1-2-4-11(9)14(17)19-20/h1-7,18,20H,8H2,(H2,17,19). The van der Waals surface area contributed by atoms with Crippen LogP contribution in [0.2, 0.25) is 5.02 Å². The molecule has 0 aromatic heterocycles. The zero-order valence-corrected chi connectivity index (χ0v) is 12.8. The van der Waals surface area contributed by atoms with Gasteiger partial charge in [0.15, 0.2) is 5.84 Å². The van der Waals surface area contributed by atoms with E-state index in [2.05, 4.69) is 26.4 Å². The Bertz CT molecular complexity index is 646. The van der Waals surface area contributed by atoms with Gasteiger partial charge in [-0.1, -0.05) is 41.0 Å². The molecule has 6 heteroatoms. The maximum absolute atomic E-state index is 8.79. The van der Waals surface area contributed by atoms with Crippen LogP contribution in [0.1, 0.15) is 11.1 Å². The van der Waals surface area contributed by atoms with Crippen LogP contribution < -0.4 is 11.1 Å². The van der Waals surface area contributed by atoms with Crippen molar-refractivity contribution < 1.29 is 5.21 Å². The van der Waals surface area contributed by atoms with Gasteiger partial charge < -0.3 is 16.3 Å². The first kappa shape index (κ1) is 14.7. The Morgan fingerprint density at radius 3 is 2.75 bits per heavy atom. The second kappa shape index (κ2) is 6.63. The van der Waals surface area contributed by atoms with Crippen molar-refractivity contribution in [2.45, 2.75) is 6.54 Å². The number of amidine groups is 1. The Morgan fingerprint density at radius 1 is 1.30 bits per heavy atom. The maximum atomic E-state index is 8.79. The van der Waals surface area contributed by atoms with E-state index in [1.807, 2.05) is 42.5 Å². The van der Waals surface area contributed by atoms with Crippen LogP contribution in [-0.2, 0) is 6.54 Å². The Hall–Kier alpha value is -1.72. The van der Waals surface area contributed by atoms with E-state index in [-0.39, 0.29) is 5.84 Å². The summed E-state index contributed by atoms with van der Waals surface area (Å²) in [6, 6.07) is 13.1. The summed E-state index contributed by atoms with van der Waals surface area (Å²) < 4.78 is 0.828. The second-order valence-electron chi connectivity index (χ2n) is 4.12. The van der Waals surface area contributed by atoms with Crippen molar-refractivity contribution >= 4 is 39.1 Å². The van der Waals surface area contributed by atoms with Crippen LogP contribution in [0.5, 0.6) is 0 Å². The molecule has 0 spiro atoms. The molecule has 4 nitrogen and oxygen atoms in total.